The summed E-state index contributed by atoms with van der Waals surface area (Å²) in [4.78, 5) is 0. The first-order valence-corrected chi connectivity index (χ1v) is 6.51. The summed E-state index contributed by atoms with van der Waals surface area (Å²) in [6.07, 6.45) is 2.03. The van der Waals surface area contributed by atoms with Crippen LogP contribution in [-0.4, -0.2) is 13.1 Å². The minimum absolute atomic E-state index is 0.171. The quantitative estimate of drug-likeness (QED) is 0.755. The molecule has 0 amide bonds. The third kappa shape index (κ3) is 4.29. The zero-order valence-corrected chi connectivity index (χ0v) is 11.6. The summed E-state index contributed by atoms with van der Waals surface area (Å²) in [5, 5.41) is 3.79. The fourth-order valence-corrected chi connectivity index (χ4v) is 2.03. The van der Waals surface area contributed by atoms with E-state index in [1.807, 2.05) is 0 Å². The first-order chi connectivity index (χ1) is 7.97. The molecule has 1 nitrogen and oxygen atoms in total. The fraction of sp³-hybridized carbons (Fsp3) is 0.571. The zero-order chi connectivity index (χ0) is 12.9. The predicted octanol–water partition coefficient (Wildman–Crippen LogP) is 4.15. The highest BCUT2D eigenvalue weighted by molar-refractivity contribution is 6.30. The summed E-state index contributed by atoms with van der Waals surface area (Å²) in [6.45, 7) is 8.18. The lowest BCUT2D eigenvalue weighted by Crippen LogP contribution is -2.26. The van der Waals surface area contributed by atoms with Crippen LogP contribution in [0.3, 0.4) is 0 Å². The number of rotatable bonds is 6. The van der Waals surface area contributed by atoms with Crippen LogP contribution in [-0.2, 0) is 5.41 Å². The average Bonchev–Trinajstić information content (AvgIpc) is 2.24. The molecule has 0 heterocycles. The molecule has 0 bridgehead atoms. The molecule has 0 aliphatic rings. The second-order valence-corrected chi connectivity index (χ2v) is 5.44. The minimum Gasteiger partial charge on any atom is -0.317 e. The van der Waals surface area contributed by atoms with Gasteiger partial charge in [-0.3, -0.25) is 0 Å². The number of hydrogen-bond donors (Lipinski definition) is 1. The molecule has 0 saturated heterocycles. The Balaban J connectivity index is 2.68. The van der Waals surface area contributed by atoms with Crippen molar-refractivity contribution in [3.05, 3.63) is 34.6 Å². The van der Waals surface area contributed by atoms with E-state index in [1.165, 1.54) is 6.07 Å². The summed E-state index contributed by atoms with van der Waals surface area (Å²) in [5.41, 5.74) is 0.565. The second kappa shape index (κ2) is 6.36. The molecule has 0 aliphatic heterocycles. The fourth-order valence-electron chi connectivity index (χ4n) is 1.88. The molecule has 1 aromatic carbocycles. The van der Waals surface area contributed by atoms with E-state index in [1.54, 1.807) is 12.1 Å². The minimum atomic E-state index is -0.210. The van der Waals surface area contributed by atoms with E-state index in [0.717, 1.165) is 31.5 Å². The van der Waals surface area contributed by atoms with Gasteiger partial charge < -0.3 is 5.32 Å². The van der Waals surface area contributed by atoms with Crippen molar-refractivity contribution in [1.82, 2.24) is 5.32 Å². The normalized spacial score (nSPS) is 11.8. The van der Waals surface area contributed by atoms with Gasteiger partial charge in [0, 0.05) is 5.02 Å². The Kier molecular flexibility index (Phi) is 5.41. The van der Waals surface area contributed by atoms with Crippen molar-refractivity contribution >= 4 is 11.6 Å². The topological polar surface area (TPSA) is 12.0 Å². The van der Waals surface area contributed by atoms with Crippen molar-refractivity contribution in [3.8, 4) is 0 Å². The Morgan fingerprint density at radius 2 is 2.00 bits per heavy atom. The maximum absolute atomic E-state index is 13.8. The number of benzene rings is 1. The zero-order valence-electron chi connectivity index (χ0n) is 10.8. The molecule has 0 fully saturated rings. The number of nitrogens with one attached hydrogen (secondary N) is 1. The van der Waals surface area contributed by atoms with Gasteiger partial charge in [-0.25, -0.2) is 4.39 Å². The van der Waals surface area contributed by atoms with Crippen LogP contribution in [0.15, 0.2) is 18.2 Å². The van der Waals surface area contributed by atoms with Crippen LogP contribution in [0.4, 0.5) is 4.39 Å². The van der Waals surface area contributed by atoms with Crippen LogP contribution in [0.1, 0.15) is 39.2 Å². The van der Waals surface area contributed by atoms with Crippen LogP contribution in [0.25, 0.3) is 0 Å². The van der Waals surface area contributed by atoms with E-state index in [-0.39, 0.29) is 11.2 Å². The molecular weight excluding hydrogens is 237 g/mol. The van der Waals surface area contributed by atoms with E-state index in [9.17, 15) is 4.39 Å². The first kappa shape index (κ1) is 14.5. The molecule has 1 rings (SSSR count). The molecule has 0 unspecified atom stereocenters. The molecule has 0 saturated carbocycles. The van der Waals surface area contributed by atoms with Gasteiger partial charge in [0.05, 0.1) is 0 Å². The lowest BCUT2D eigenvalue weighted by Gasteiger charge is -2.26. The Hall–Kier alpha value is -0.600. The maximum atomic E-state index is 13.8. The highest BCUT2D eigenvalue weighted by Crippen LogP contribution is 2.30. The second-order valence-electron chi connectivity index (χ2n) is 5.01. The summed E-state index contributed by atoms with van der Waals surface area (Å²) in [7, 11) is 0. The van der Waals surface area contributed by atoms with Crippen LogP contribution < -0.4 is 5.32 Å². The van der Waals surface area contributed by atoms with Crippen molar-refractivity contribution < 1.29 is 4.39 Å². The standard InChI is InChI=1S/C14H21ClFN/c1-4-8-17-9-7-14(2,3)12-6-5-11(15)10-13(12)16/h5-6,10,17H,4,7-9H2,1-3H3. The monoisotopic (exact) mass is 257 g/mol. The molecule has 0 aromatic heterocycles. The molecule has 0 radical (unpaired) electrons. The van der Waals surface area contributed by atoms with Crippen molar-refractivity contribution in [2.45, 2.75) is 39.0 Å². The molecular formula is C14H21ClFN. The Labute approximate surface area is 108 Å². The highest BCUT2D eigenvalue weighted by atomic mass is 35.5. The largest absolute Gasteiger partial charge is 0.317 e. The summed E-state index contributed by atoms with van der Waals surface area (Å²) >= 11 is 5.76. The van der Waals surface area contributed by atoms with Gasteiger partial charge in [-0.15, -0.1) is 0 Å². The van der Waals surface area contributed by atoms with Gasteiger partial charge in [0.1, 0.15) is 5.82 Å². The van der Waals surface area contributed by atoms with Crippen molar-refractivity contribution in [1.29, 1.82) is 0 Å². The predicted molar refractivity (Wildman–Crippen MR) is 72.2 cm³/mol. The van der Waals surface area contributed by atoms with Crippen molar-refractivity contribution in [2.75, 3.05) is 13.1 Å². The summed E-state index contributed by atoms with van der Waals surface area (Å²) in [6, 6.07) is 4.93. The smallest absolute Gasteiger partial charge is 0.128 e. The summed E-state index contributed by atoms with van der Waals surface area (Å²) < 4.78 is 13.8. The SMILES string of the molecule is CCCNCCC(C)(C)c1ccc(Cl)cc1F. The molecule has 0 spiro atoms. The molecule has 0 aliphatic carbocycles. The Bertz CT molecular complexity index is 363. The number of halogens is 2. The molecule has 1 N–H and O–H groups in total. The van der Waals surface area contributed by atoms with E-state index in [4.69, 9.17) is 11.6 Å². The lowest BCUT2D eigenvalue weighted by molar-refractivity contribution is 0.434. The maximum Gasteiger partial charge on any atom is 0.128 e. The van der Waals surface area contributed by atoms with Gasteiger partial charge in [0.15, 0.2) is 0 Å². The van der Waals surface area contributed by atoms with Crippen LogP contribution in [0, 0.1) is 5.82 Å². The van der Waals surface area contributed by atoms with E-state index >= 15 is 0 Å². The van der Waals surface area contributed by atoms with Crippen LogP contribution in [0.2, 0.25) is 5.02 Å². The first-order valence-electron chi connectivity index (χ1n) is 6.13. The lowest BCUT2D eigenvalue weighted by atomic mass is 9.81. The van der Waals surface area contributed by atoms with E-state index in [2.05, 4.69) is 26.1 Å². The van der Waals surface area contributed by atoms with Crippen molar-refractivity contribution in [3.63, 3.8) is 0 Å². The molecule has 1 aromatic rings. The Morgan fingerprint density at radius 3 is 2.59 bits per heavy atom. The third-order valence-corrected chi connectivity index (χ3v) is 3.25. The van der Waals surface area contributed by atoms with Gasteiger partial charge >= 0.3 is 0 Å². The van der Waals surface area contributed by atoms with Crippen LogP contribution >= 0.6 is 11.6 Å². The average molecular weight is 258 g/mol. The summed E-state index contributed by atoms with van der Waals surface area (Å²) in [5.74, 6) is -0.210. The van der Waals surface area contributed by atoms with Gasteiger partial charge in [-0.05, 0) is 49.0 Å². The van der Waals surface area contributed by atoms with Gasteiger partial charge in [0.25, 0.3) is 0 Å². The van der Waals surface area contributed by atoms with Crippen molar-refractivity contribution in [2.24, 2.45) is 0 Å². The molecule has 3 heteroatoms. The van der Waals surface area contributed by atoms with E-state index < -0.39 is 0 Å². The van der Waals surface area contributed by atoms with Crippen LogP contribution in [0.5, 0.6) is 0 Å². The molecule has 17 heavy (non-hydrogen) atoms. The number of hydrogen-bond acceptors (Lipinski definition) is 1. The molecule has 0 atom stereocenters. The Morgan fingerprint density at radius 1 is 1.29 bits per heavy atom. The highest BCUT2D eigenvalue weighted by Gasteiger charge is 2.23. The molecule has 96 valence electrons. The van der Waals surface area contributed by atoms with Gasteiger partial charge in [-0.2, -0.15) is 0 Å². The van der Waals surface area contributed by atoms with E-state index in [0.29, 0.717) is 5.02 Å². The van der Waals surface area contributed by atoms with Gasteiger partial charge in [0.2, 0.25) is 0 Å². The van der Waals surface area contributed by atoms with Gasteiger partial charge in [-0.1, -0.05) is 38.4 Å². The third-order valence-electron chi connectivity index (χ3n) is 3.01.